The molecule has 23 heteroatoms. The quantitative estimate of drug-likeness (QED) is 0.0306. The fourth-order valence-electron chi connectivity index (χ4n) is 9.45. The van der Waals surface area contributed by atoms with Gasteiger partial charge in [-0.2, -0.15) is 20.4 Å². The maximum atomic E-state index is 13.7. The van der Waals surface area contributed by atoms with Crippen LogP contribution in [0.4, 0.5) is 39.4 Å². The fraction of sp³-hybridized carbons (Fsp3) is 0.311. The minimum Gasteiger partial charge on any atom is -0.394 e. The Morgan fingerprint density at radius 2 is 1.10 bits per heavy atom. The molecule has 68 heavy (non-hydrogen) atoms. The fourth-order valence-corrected chi connectivity index (χ4v) is 9.45. The number of hydrogen-bond donors (Lipinski definition) is 4. The van der Waals surface area contributed by atoms with Crippen LogP contribution in [0.1, 0.15) is 96.1 Å². The average Bonchev–Trinajstić information content (AvgIpc) is 4.19. The predicted octanol–water partition coefficient (Wildman–Crippen LogP) is 8.50. The molecule has 8 aromatic rings. The number of benzene rings is 2. The second-order valence-corrected chi connectivity index (χ2v) is 16.8. The van der Waals surface area contributed by atoms with Crippen LogP contribution in [0.5, 0.6) is 11.5 Å². The van der Waals surface area contributed by atoms with Crippen molar-refractivity contribution >= 4 is 51.8 Å². The standard InChI is InChI=1S/C45H44N14O9/c1-65-23-29-17-37-43(46-11-13-56(37)54-29)48-41-21-35(50-52-41)27-5-3-25(15-27)33-19-31(58(61)62)7-9-39(33)67-45(60)68-40-10-8-32(59(63)64)20-34(40)26-4-6-28(16-26)36-22-42(53-51-36)49-44-38-18-30(24-66-2)55-57(38)14-12-47-44/h7-14,17-22,25-28H,3-6,15-16,23-24H2,1-2H3,(H2,46,48,50,52)(H2,47,49,51,53). The number of methoxy groups -OCH3 is 2. The van der Waals surface area contributed by atoms with Crippen LogP contribution in [0.3, 0.4) is 0 Å². The Labute approximate surface area is 385 Å². The highest BCUT2D eigenvalue weighted by atomic mass is 16.7. The Morgan fingerprint density at radius 1 is 0.662 bits per heavy atom. The number of carbonyl (C=O) groups excluding carboxylic acids is 1. The number of nitro groups is 2. The van der Waals surface area contributed by atoms with Crippen molar-refractivity contribution in [3.63, 3.8) is 0 Å². The first-order valence-corrected chi connectivity index (χ1v) is 21.8. The molecular weight excluding hydrogens is 881 g/mol. The number of hydrogen-bond acceptors (Lipinski definition) is 17. The van der Waals surface area contributed by atoms with Crippen LogP contribution in [0.2, 0.25) is 0 Å². The highest BCUT2D eigenvalue weighted by Crippen LogP contribution is 2.49. The second kappa shape index (κ2) is 18.5. The molecule has 0 saturated heterocycles. The summed E-state index contributed by atoms with van der Waals surface area (Å²) in [5, 5.41) is 54.7. The van der Waals surface area contributed by atoms with Crippen molar-refractivity contribution in [1.29, 1.82) is 0 Å². The van der Waals surface area contributed by atoms with E-state index < -0.39 is 16.0 Å². The number of aromatic nitrogens is 10. The van der Waals surface area contributed by atoms with Gasteiger partial charge in [0.1, 0.15) is 22.5 Å². The van der Waals surface area contributed by atoms with Gasteiger partial charge in [0.05, 0.1) is 34.4 Å². The van der Waals surface area contributed by atoms with Gasteiger partial charge in [-0.15, -0.1) is 0 Å². The lowest BCUT2D eigenvalue weighted by Gasteiger charge is -2.17. The van der Waals surface area contributed by atoms with Gasteiger partial charge < -0.3 is 29.6 Å². The maximum absolute atomic E-state index is 13.7. The lowest BCUT2D eigenvalue weighted by atomic mass is 9.94. The average molecular weight is 925 g/mol. The van der Waals surface area contributed by atoms with E-state index in [4.69, 9.17) is 18.9 Å². The summed E-state index contributed by atoms with van der Waals surface area (Å²) in [4.78, 5) is 45.6. The summed E-state index contributed by atoms with van der Waals surface area (Å²) < 4.78 is 25.5. The van der Waals surface area contributed by atoms with Crippen LogP contribution >= 0.6 is 0 Å². The molecule has 2 aliphatic carbocycles. The third kappa shape index (κ3) is 8.98. The van der Waals surface area contributed by atoms with Crippen LogP contribution in [0.25, 0.3) is 11.0 Å². The molecule has 4 N–H and O–H groups in total. The molecule has 6 heterocycles. The summed E-state index contributed by atoms with van der Waals surface area (Å²) in [7, 11) is 3.21. The summed E-state index contributed by atoms with van der Waals surface area (Å²) in [6.45, 7) is 0.711. The molecule has 23 nitrogen and oxygen atoms in total. The van der Waals surface area contributed by atoms with E-state index in [1.54, 1.807) is 48.0 Å². The van der Waals surface area contributed by atoms with Crippen LogP contribution in [-0.2, 0) is 22.7 Å². The molecular formula is C45H44N14O9. The van der Waals surface area contributed by atoms with Gasteiger partial charge in [-0.25, -0.2) is 23.8 Å². The lowest BCUT2D eigenvalue weighted by Crippen LogP contribution is -2.17. The molecule has 2 aromatic carbocycles. The van der Waals surface area contributed by atoms with Gasteiger partial charge in [-0.3, -0.25) is 30.4 Å². The number of non-ortho nitro benzene ring substituents is 2. The predicted molar refractivity (Wildman–Crippen MR) is 243 cm³/mol. The Hall–Kier alpha value is -8.31. The summed E-state index contributed by atoms with van der Waals surface area (Å²) in [6, 6.07) is 15.8. The summed E-state index contributed by atoms with van der Waals surface area (Å²) in [5.74, 6) is 2.09. The molecule has 0 aliphatic heterocycles. The minimum absolute atomic E-state index is 0.0146. The van der Waals surface area contributed by atoms with Crippen LogP contribution in [-0.4, -0.2) is 79.8 Å². The molecule has 0 radical (unpaired) electrons. The summed E-state index contributed by atoms with van der Waals surface area (Å²) in [6.07, 6.45) is 9.62. The van der Waals surface area contributed by atoms with E-state index in [0.29, 0.717) is 73.3 Å². The van der Waals surface area contributed by atoms with Gasteiger partial charge in [0.2, 0.25) is 0 Å². The smallest absolute Gasteiger partial charge is 0.394 e. The van der Waals surface area contributed by atoms with Crippen molar-refractivity contribution < 1.29 is 33.6 Å². The highest BCUT2D eigenvalue weighted by molar-refractivity contribution is 5.73. The van der Waals surface area contributed by atoms with Crippen molar-refractivity contribution in [2.24, 2.45) is 0 Å². The zero-order valence-corrected chi connectivity index (χ0v) is 36.7. The van der Waals surface area contributed by atoms with Crippen molar-refractivity contribution in [2.75, 3.05) is 24.9 Å². The van der Waals surface area contributed by atoms with E-state index in [1.807, 2.05) is 24.3 Å². The number of nitro benzene ring substituents is 2. The molecule has 0 bridgehead atoms. The first-order valence-electron chi connectivity index (χ1n) is 21.8. The van der Waals surface area contributed by atoms with Crippen molar-refractivity contribution in [3.8, 4) is 11.5 Å². The largest absolute Gasteiger partial charge is 0.519 e. The number of anilines is 4. The number of nitrogens with one attached hydrogen (secondary N) is 4. The highest BCUT2D eigenvalue weighted by Gasteiger charge is 2.34. The molecule has 6 aromatic heterocycles. The van der Waals surface area contributed by atoms with E-state index in [2.05, 4.69) is 51.2 Å². The third-order valence-corrected chi connectivity index (χ3v) is 12.6. The van der Waals surface area contributed by atoms with Crippen molar-refractivity contribution in [1.82, 2.24) is 49.6 Å². The SMILES string of the molecule is COCc1cc2c(Nc3cc(C4CCC(c5cc([N+](=O)[O-])ccc5OC(=O)Oc5ccc([N+](=O)[O-])cc5C5CCC(c6cc(Nc7nccn8nc(COC)cc78)n[nH]6)C5)C4)[nH]n3)nccn2n1. The number of ether oxygens (including phenoxy) is 4. The maximum Gasteiger partial charge on any atom is 0.519 e. The Bertz CT molecular complexity index is 2970. The number of rotatable bonds is 16. The molecule has 2 aliphatic rings. The normalized spacial score (nSPS) is 18.0. The third-order valence-electron chi connectivity index (χ3n) is 12.6. The lowest BCUT2D eigenvalue weighted by molar-refractivity contribution is -0.385. The number of carbonyl (C=O) groups is 1. The monoisotopic (exact) mass is 924 g/mol. The Balaban J connectivity index is 0.821. The first kappa shape index (κ1) is 43.6. The molecule has 2 saturated carbocycles. The van der Waals surface area contributed by atoms with Gasteiger partial charge in [0.15, 0.2) is 23.3 Å². The number of H-pyrrole nitrogens is 2. The van der Waals surface area contributed by atoms with E-state index >= 15 is 0 Å². The molecule has 0 spiro atoms. The van der Waals surface area contributed by atoms with Gasteiger partial charge in [0, 0.05) is 110 Å². The number of aromatic amines is 2. The number of fused-ring (bicyclic) bond motifs is 2. The second-order valence-electron chi connectivity index (χ2n) is 16.8. The van der Waals surface area contributed by atoms with Gasteiger partial charge in [-0.05, 0) is 74.6 Å². The topological polar surface area (TPSA) is 282 Å². The van der Waals surface area contributed by atoms with Crippen LogP contribution < -0.4 is 20.1 Å². The van der Waals surface area contributed by atoms with E-state index in [0.717, 1.165) is 46.7 Å². The van der Waals surface area contributed by atoms with Crippen molar-refractivity contribution in [2.45, 2.75) is 75.4 Å². The van der Waals surface area contributed by atoms with E-state index in [1.165, 1.54) is 36.4 Å². The minimum atomic E-state index is -1.08. The zero-order valence-electron chi connectivity index (χ0n) is 36.7. The first-order chi connectivity index (χ1) is 33.1. The van der Waals surface area contributed by atoms with Gasteiger partial charge in [-0.1, -0.05) is 0 Å². The Morgan fingerprint density at radius 3 is 1.53 bits per heavy atom. The van der Waals surface area contributed by atoms with Crippen LogP contribution in [0, 0.1) is 20.2 Å². The van der Waals surface area contributed by atoms with Gasteiger partial charge in [0.25, 0.3) is 11.4 Å². The molecule has 348 valence electrons. The van der Waals surface area contributed by atoms with Gasteiger partial charge >= 0.3 is 6.16 Å². The number of nitrogens with zero attached hydrogens (tertiary/aromatic N) is 10. The van der Waals surface area contributed by atoms with E-state index in [-0.39, 0.29) is 46.5 Å². The van der Waals surface area contributed by atoms with E-state index in [9.17, 15) is 25.0 Å². The van der Waals surface area contributed by atoms with Crippen molar-refractivity contribution in [3.05, 3.63) is 140 Å². The molecule has 0 amide bonds. The molecule has 4 atom stereocenters. The molecule has 4 unspecified atom stereocenters. The zero-order chi connectivity index (χ0) is 46.9. The molecule has 2 fully saturated rings. The van der Waals surface area contributed by atoms with Crippen LogP contribution in [0.15, 0.2) is 85.5 Å². The summed E-state index contributed by atoms with van der Waals surface area (Å²) in [5.41, 5.74) is 5.43. The molecule has 10 rings (SSSR count). The Kier molecular flexibility index (Phi) is 11.9. The summed E-state index contributed by atoms with van der Waals surface area (Å²) >= 11 is 0.